The van der Waals surface area contributed by atoms with Crippen LogP contribution in [0, 0.1) is 10.1 Å². The number of methoxy groups -OCH3 is 1. The molecule has 0 bridgehead atoms. The second kappa shape index (κ2) is 7.36. The number of ether oxygens (including phenoxy) is 2. The molecular formula is C17H15NO6. The number of carbonyl (C=O) groups excluding carboxylic acids is 2. The molecule has 24 heavy (non-hydrogen) atoms. The first-order valence-corrected chi connectivity index (χ1v) is 7.06. The van der Waals surface area contributed by atoms with Crippen LogP contribution in [0.3, 0.4) is 0 Å². The maximum atomic E-state index is 12.3. The van der Waals surface area contributed by atoms with Crippen molar-refractivity contribution in [3.05, 3.63) is 69.8 Å². The Morgan fingerprint density at radius 2 is 1.71 bits per heavy atom. The molecular weight excluding hydrogens is 314 g/mol. The van der Waals surface area contributed by atoms with Gasteiger partial charge in [-0.3, -0.25) is 14.9 Å². The number of rotatable bonds is 6. The van der Waals surface area contributed by atoms with E-state index in [1.165, 1.54) is 38.3 Å². The van der Waals surface area contributed by atoms with Crippen molar-refractivity contribution in [1.82, 2.24) is 0 Å². The van der Waals surface area contributed by atoms with Gasteiger partial charge in [-0.25, -0.2) is 4.79 Å². The summed E-state index contributed by atoms with van der Waals surface area (Å²) >= 11 is 0. The number of nitro benzene ring substituents is 1. The zero-order chi connectivity index (χ0) is 17.7. The number of ketones is 1. The summed E-state index contributed by atoms with van der Waals surface area (Å²) in [5, 5.41) is 10.9. The van der Waals surface area contributed by atoms with Crippen molar-refractivity contribution in [2.75, 3.05) is 7.11 Å². The third-order valence-corrected chi connectivity index (χ3v) is 3.35. The van der Waals surface area contributed by atoms with Gasteiger partial charge in [0.1, 0.15) is 11.3 Å². The molecule has 0 aliphatic rings. The fourth-order valence-corrected chi connectivity index (χ4v) is 2.07. The Bertz CT molecular complexity index is 769. The van der Waals surface area contributed by atoms with E-state index in [4.69, 9.17) is 9.47 Å². The van der Waals surface area contributed by atoms with E-state index in [9.17, 15) is 19.7 Å². The van der Waals surface area contributed by atoms with E-state index in [-0.39, 0.29) is 11.3 Å². The minimum atomic E-state index is -1.08. The third-order valence-electron chi connectivity index (χ3n) is 3.35. The smallest absolute Gasteiger partial charge is 0.345 e. The van der Waals surface area contributed by atoms with Crippen LogP contribution in [0.15, 0.2) is 48.5 Å². The van der Waals surface area contributed by atoms with Crippen molar-refractivity contribution in [1.29, 1.82) is 0 Å². The number of hydrogen-bond donors (Lipinski definition) is 0. The van der Waals surface area contributed by atoms with Gasteiger partial charge in [-0.1, -0.05) is 12.1 Å². The first-order chi connectivity index (χ1) is 11.4. The molecule has 0 N–H and O–H groups in total. The molecule has 7 heteroatoms. The highest BCUT2D eigenvalue weighted by Gasteiger charge is 2.25. The van der Waals surface area contributed by atoms with Crippen LogP contribution in [0.25, 0.3) is 0 Å². The average Bonchev–Trinajstić information content (AvgIpc) is 2.61. The zero-order valence-electron chi connectivity index (χ0n) is 13.1. The molecule has 0 aromatic heterocycles. The Morgan fingerprint density at radius 1 is 1.08 bits per heavy atom. The van der Waals surface area contributed by atoms with Crippen LogP contribution in [-0.2, 0) is 4.74 Å². The highest BCUT2D eigenvalue weighted by molar-refractivity contribution is 6.02. The van der Waals surface area contributed by atoms with Crippen molar-refractivity contribution >= 4 is 17.4 Å². The predicted molar refractivity (Wildman–Crippen MR) is 85.3 cm³/mol. The Balaban J connectivity index is 2.13. The number of esters is 1. The summed E-state index contributed by atoms with van der Waals surface area (Å²) in [4.78, 5) is 34.7. The maximum absolute atomic E-state index is 12.3. The summed E-state index contributed by atoms with van der Waals surface area (Å²) in [6.45, 7) is 1.42. The lowest BCUT2D eigenvalue weighted by atomic mass is 10.1. The van der Waals surface area contributed by atoms with Crippen molar-refractivity contribution in [3.8, 4) is 5.75 Å². The topological polar surface area (TPSA) is 95.7 Å². The second-order valence-corrected chi connectivity index (χ2v) is 4.91. The molecule has 1 atom stereocenters. The molecule has 124 valence electrons. The molecule has 1 unspecified atom stereocenters. The lowest BCUT2D eigenvalue weighted by Crippen LogP contribution is -2.24. The number of nitrogens with zero attached hydrogens (tertiary/aromatic N) is 1. The molecule has 0 radical (unpaired) electrons. The van der Waals surface area contributed by atoms with Crippen LogP contribution in [-0.4, -0.2) is 29.9 Å². The van der Waals surface area contributed by atoms with Crippen LogP contribution in [0.5, 0.6) is 5.75 Å². The van der Waals surface area contributed by atoms with Gasteiger partial charge in [-0.2, -0.15) is 0 Å². The summed E-state index contributed by atoms with van der Waals surface area (Å²) in [5.74, 6) is -0.739. The molecule has 0 aliphatic heterocycles. The Morgan fingerprint density at radius 3 is 2.29 bits per heavy atom. The van der Waals surface area contributed by atoms with E-state index in [1.807, 2.05) is 0 Å². The molecule has 7 nitrogen and oxygen atoms in total. The van der Waals surface area contributed by atoms with Gasteiger partial charge in [0, 0.05) is 11.6 Å². The third kappa shape index (κ3) is 3.75. The van der Waals surface area contributed by atoms with Crippen LogP contribution >= 0.6 is 0 Å². The van der Waals surface area contributed by atoms with Gasteiger partial charge in [-0.15, -0.1) is 0 Å². The fraction of sp³-hybridized carbons (Fsp3) is 0.176. The van der Waals surface area contributed by atoms with Crippen LogP contribution < -0.4 is 4.74 Å². The van der Waals surface area contributed by atoms with E-state index in [0.717, 1.165) is 0 Å². The SMILES string of the molecule is COc1ccc(C(=O)C(C)OC(=O)c2ccccc2[N+](=O)[O-])cc1. The number of Topliss-reactive ketones (excluding diaryl/α,β-unsaturated/α-hetero) is 1. The summed E-state index contributed by atoms with van der Waals surface area (Å²) < 4.78 is 10.1. The number of hydrogen-bond acceptors (Lipinski definition) is 6. The average molecular weight is 329 g/mol. The van der Waals surface area contributed by atoms with Crippen molar-refractivity contribution in [3.63, 3.8) is 0 Å². The van der Waals surface area contributed by atoms with Gasteiger partial charge in [-0.05, 0) is 37.3 Å². The van der Waals surface area contributed by atoms with Gasteiger partial charge < -0.3 is 9.47 Å². The summed E-state index contributed by atoms with van der Waals surface area (Å²) in [7, 11) is 1.51. The first-order valence-electron chi connectivity index (χ1n) is 7.06. The molecule has 0 saturated heterocycles. The highest BCUT2D eigenvalue weighted by Crippen LogP contribution is 2.20. The van der Waals surface area contributed by atoms with Crippen LogP contribution in [0.4, 0.5) is 5.69 Å². The summed E-state index contributed by atoms with van der Waals surface area (Å²) in [6, 6.07) is 11.7. The summed E-state index contributed by atoms with van der Waals surface area (Å²) in [5.41, 5.74) is -0.220. The minimum absolute atomic E-state index is 0.197. The van der Waals surface area contributed by atoms with E-state index < -0.39 is 22.8 Å². The Kier molecular flexibility index (Phi) is 5.26. The van der Waals surface area contributed by atoms with Gasteiger partial charge in [0.05, 0.1) is 12.0 Å². The lowest BCUT2D eigenvalue weighted by Gasteiger charge is -2.12. The van der Waals surface area contributed by atoms with E-state index in [2.05, 4.69) is 0 Å². The second-order valence-electron chi connectivity index (χ2n) is 4.91. The number of benzene rings is 2. The fourth-order valence-electron chi connectivity index (χ4n) is 2.07. The molecule has 2 rings (SSSR count). The van der Waals surface area contributed by atoms with Gasteiger partial charge >= 0.3 is 5.97 Å². The lowest BCUT2D eigenvalue weighted by molar-refractivity contribution is -0.385. The van der Waals surface area contributed by atoms with Crippen molar-refractivity contribution in [2.24, 2.45) is 0 Å². The van der Waals surface area contributed by atoms with E-state index >= 15 is 0 Å². The molecule has 0 heterocycles. The minimum Gasteiger partial charge on any atom is -0.497 e. The number of para-hydroxylation sites is 1. The quantitative estimate of drug-likeness (QED) is 0.350. The number of nitro groups is 1. The largest absolute Gasteiger partial charge is 0.497 e. The van der Waals surface area contributed by atoms with Gasteiger partial charge in [0.25, 0.3) is 5.69 Å². The predicted octanol–water partition coefficient (Wildman–Crippen LogP) is 3.03. The molecule has 0 amide bonds. The Labute approximate surface area is 138 Å². The van der Waals surface area contributed by atoms with Gasteiger partial charge in [0.2, 0.25) is 5.78 Å². The zero-order valence-corrected chi connectivity index (χ0v) is 13.1. The normalized spacial score (nSPS) is 11.4. The molecule has 0 fully saturated rings. The summed E-state index contributed by atoms with van der Waals surface area (Å²) in [6.07, 6.45) is -1.08. The molecule has 0 spiro atoms. The number of carbonyl (C=O) groups is 2. The van der Waals surface area contributed by atoms with E-state index in [1.54, 1.807) is 24.3 Å². The van der Waals surface area contributed by atoms with E-state index in [0.29, 0.717) is 11.3 Å². The maximum Gasteiger partial charge on any atom is 0.345 e. The molecule has 2 aromatic rings. The van der Waals surface area contributed by atoms with Crippen molar-refractivity contribution in [2.45, 2.75) is 13.0 Å². The van der Waals surface area contributed by atoms with Crippen LogP contribution in [0.2, 0.25) is 0 Å². The first kappa shape index (κ1) is 17.1. The standard InChI is InChI=1S/C17H15NO6/c1-11(16(19)12-7-9-13(23-2)10-8-12)24-17(20)14-5-3-4-6-15(14)18(21)22/h3-11H,1-2H3. The van der Waals surface area contributed by atoms with Gasteiger partial charge in [0.15, 0.2) is 6.10 Å². The van der Waals surface area contributed by atoms with Crippen molar-refractivity contribution < 1.29 is 24.0 Å². The molecule has 0 aliphatic carbocycles. The van der Waals surface area contributed by atoms with Crippen LogP contribution in [0.1, 0.15) is 27.6 Å². The molecule has 0 saturated carbocycles. The Hall–Kier alpha value is -3.22. The highest BCUT2D eigenvalue weighted by atomic mass is 16.6. The monoisotopic (exact) mass is 329 g/mol. The molecule has 2 aromatic carbocycles.